The van der Waals surface area contributed by atoms with Crippen LogP contribution in [0, 0.1) is 6.92 Å². The third-order valence-electron chi connectivity index (χ3n) is 3.23. The predicted molar refractivity (Wildman–Crippen MR) is 79.6 cm³/mol. The first kappa shape index (κ1) is 12.6. The van der Waals surface area contributed by atoms with Crippen LogP contribution in [0.5, 0.6) is 0 Å². The molecule has 3 rings (SSSR count). The Morgan fingerprint density at radius 2 is 2.10 bits per heavy atom. The van der Waals surface area contributed by atoms with Crippen LogP contribution in [0.25, 0.3) is 5.52 Å². The Morgan fingerprint density at radius 3 is 2.90 bits per heavy atom. The molecule has 102 valence electrons. The van der Waals surface area contributed by atoms with Gasteiger partial charge in [0.05, 0.1) is 5.69 Å². The van der Waals surface area contributed by atoms with E-state index < -0.39 is 0 Å². The van der Waals surface area contributed by atoms with E-state index in [1.54, 1.807) is 6.20 Å². The van der Waals surface area contributed by atoms with Crippen molar-refractivity contribution < 1.29 is 0 Å². The Morgan fingerprint density at radius 1 is 1.30 bits per heavy atom. The normalized spacial score (nSPS) is 12.5. The standard InChI is InChI=1S/C15H17N5/c1-11-9-14-15(17-7-8-20(14)19-11)18-10-13(16)12-5-3-2-4-6-12/h2-9,13H,10,16H2,1H3,(H,17,18). The molecule has 1 aromatic carbocycles. The van der Waals surface area contributed by atoms with E-state index >= 15 is 0 Å². The maximum atomic E-state index is 6.18. The molecule has 20 heavy (non-hydrogen) atoms. The van der Waals surface area contributed by atoms with Crippen LogP contribution < -0.4 is 11.1 Å². The lowest BCUT2D eigenvalue weighted by atomic mass is 10.1. The number of rotatable bonds is 4. The summed E-state index contributed by atoms with van der Waals surface area (Å²) in [5, 5.41) is 7.67. The average Bonchev–Trinajstić information content (AvgIpc) is 2.86. The van der Waals surface area contributed by atoms with E-state index in [9.17, 15) is 0 Å². The lowest BCUT2D eigenvalue weighted by molar-refractivity contribution is 0.761. The van der Waals surface area contributed by atoms with Gasteiger partial charge in [-0.05, 0) is 18.6 Å². The van der Waals surface area contributed by atoms with E-state index in [4.69, 9.17) is 5.73 Å². The number of aromatic nitrogens is 3. The minimum atomic E-state index is -0.0673. The maximum absolute atomic E-state index is 6.18. The second kappa shape index (κ2) is 5.30. The van der Waals surface area contributed by atoms with E-state index in [0.717, 1.165) is 22.6 Å². The highest BCUT2D eigenvalue weighted by Crippen LogP contribution is 2.16. The molecule has 0 aliphatic heterocycles. The molecule has 3 N–H and O–H groups in total. The molecule has 5 heteroatoms. The van der Waals surface area contributed by atoms with E-state index in [1.807, 2.05) is 54.0 Å². The summed E-state index contributed by atoms with van der Waals surface area (Å²) >= 11 is 0. The van der Waals surface area contributed by atoms with Gasteiger partial charge in [0, 0.05) is 25.0 Å². The molecule has 0 aliphatic carbocycles. The summed E-state index contributed by atoms with van der Waals surface area (Å²) in [7, 11) is 0. The number of anilines is 1. The molecule has 0 aliphatic rings. The van der Waals surface area contributed by atoms with Crippen LogP contribution in [0.4, 0.5) is 5.82 Å². The lowest BCUT2D eigenvalue weighted by Crippen LogP contribution is -2.21. The quantitative estimate of drug-likeness (QED) is 0.760. The SMILES string of the molecule is Cc1cc2c(NCC(N)c3ccccc3)nccn2n1. The molecule has 0 fully saturated rings. The van der Waals surface area contributed by atoms with Crippen LogP contribution in [0.1, 0.15) is 17.3 Å². The molecule has 1 atom stereocenters. The second-order valence-electron chi connectivity index (χ2n) is 4.79. The van der Waals surface area contributed by atoms with Crippen LogP contribution in [-0.2, 0) is 0 Å². The summed E-state index contributed by atoms with van der Waals surface area (Å²) in [6.45, 7) is 2.59. The fourth-order valence-electron chi connectivity index (χ4n) is 2.21. The molecule has 0 radical (unpaired) electrons. The lowest BCUT2D eigenvalue weighted by Gasteiger charge is -2.13. The number of aryl methyl sites for hydroxylation is 1. The van der Waals surface area contributed by atoms with Crippen LogP contribution in [0.2, 0.25) is 0 Å². The number of nitrogens with two attached hydrogens (primary N) is 1. The molecule has 0 saturated carbocycles. The van der Waals surface area contributed by atoms with Crippen LogP contribution in [-0.4, -0.2) is 21.1 Å². The summed E-state index contributed by atoms with van der Waals surface area (Å²) in [4.78, 5) is 4.36. The van der Waals surface area contributed by atoms with Gasteiger partial charge in [-0.25, -0.2) is 9.50 Å². The molecule has 0 saturated heterocycles. The van der Waals surface area contributed by atoms with Gasteiger partial charge in [-0.15, -0.1) is 0 Å². The molecule has 2 aromatic heterocycles. The Bertz CT molecular complexity index is 705. The van der Waals surface area contributed by atoms with Crippen molar-refractivity contribution in [2.45, 2.75) is 13.0 Å². The third kappa shape index (κ3) is 2.48. The van der Waals surface area contributed by atoms with Gasteiger partial charge in [0.25, 0.3) is 0 Å². The van der Waals surface area contributed by atoms with E-state index in [0.29, 0.717) is 6.54 Å². The topological polar surface area (TPSA) is 68.2 Å². The fourth-order valence-corrected chi connectivity index (χ4v) is 2.21. The zero-order valence-electron chi connectivity index (χ0n) is 11.3. The molecule has 0 bridgehead atoms. The highest BCUT2D eigenvalue weighted by Gasteiger charge is 2.08. The van der Waals surface area contributed by atoms with Gasteiger partial charge in [0.2, 0.25) is 0 Å². The molecule has 3 aromatic rings. The number of hydrogen-bond acceptors (Lipinski definition) is 4. The molecular formula is C15H17N5. The Labute approximate surface area is 117 Å². The monoisotopic (exact) mass is 267 g/mol. The minimum Gasteiger partial charge on any atom is -0.366 e. The molecule has 2 heterocycles. The summed E-state index contributed by atoms with van der Waals surface area (Å²) in [5.74, 6) is 0.805. The largest absolute Gasteiger partial charge is 0.366 e. The number of fused-ring (bicyclic) bond motifs is 1. The van der Waals surface area contributed by atoms with Crippen molar-refractivity contribution in [2.75, 3.05) is 11.9 Å². The van der Waals surface area contributed by atoms with Gasteiger partial charge in [-0.1, -0.05) is 30.3 Å². The van der Waals surface area contributed by atoms with Crippen molar-refractivity contribution >= 4 is 11.3 Å². The number of hydrogen-bond donors (Lipinski definition) is 2. The molecule has 1 unspecified atom stereocenters. The Kier molecular flexibility index (Phi) is 3.35. The number of nitrogens with zero attached hydrogens (tertiary/aromatic N) is 3. The van der Waals surface area contributed by atoms with Gasteiger partial charge in [-0.2, -0.15) is 5.10 Å². The highest BCUT2D eigenvalue weighted by molar-refractivity contribution is 5.67. The van der Waals surface area contributed by atoms with Crippen LogP contribution in [0.15, 0.2) is 48.8 Å². The smallest absolute Gasteiger partial charge is 0.152 e. The van der Waals surface area contributed by atoms with Crippen molar-refractivity contribution in [3.05, 3.63) is 60.0 Å². The molecule has 0 spiro atoms. The zero-order valence-corrected chi connectivity index (χ0v) is 11.3. The first-order valence-electron chi connectivity index (χ1n) is 6.59. The zero-order chi connectivity index (χ0) is 13.9. The van der Waals surface area contributed by atoms with Crippen molar-refractivity contribution in [1.82, 2.24) is 14.6 Å². The Hall–Kier alpha value is -2.40. The van der Waals surface area contributed by atoms with E-state index in [-0.39, 0.29) is 6.04 Å². The number of benzene rings is 1. The molecule has 0 amide bonds. The van der Waals surface area contributed by atoms with E-state index in [1.165, 1.54) is 0 Å². The maximum Gasteiger partial charge on any atom is 0.152 e. The molecular weight excluding hydrogens is 250 g/mol. The Balaban J connectivity index is 1.77. The van der Waals surface area contributed by atoms with Gasteiger partial charge >= 0.3 is 0 Å². The van der Waals surface area contributed by atoms with Crippen molar-refractivity contribution in [2.24, 2.45) is 5.73 Å². The van der Waals surface area contributed by atoms with Crippen LogP contribution >= 0.6 is 0 Å². The third-order valence-corrected chi connectivity index (χ3v) is 3.23. The van der Waals surface area contributed by atoms with Gasteiger partial charge in [-0.3, -0.25) is 0 Å². The average molecular weight is 267 g/mol. The van der Waals surface area contributed by atoms with Crippen molar-refractivity contribution in [1.29, 1.82) is 0 Å². The van der Waals surface area contributed by atoms with Gasteiger partial charge in [0.1, 0.15) is 5.52 Å². The summed E-state index contributed by atoms with van der Waals surface area (Å²) < 4.78 is 1.82. The van der Waals surface area contributed by atoms with Crippen molar-refractivity contribution in [3.8, 4) is 0 Å². The van der Waals surface area contributed by atoms with Crippen molar-refractivity contribution in [3.63, 3.8) is 0 Å². The van der Waals surface area contributed by atoms with E-state index in [2.05, 4.69) is 15.4 Å². The first-order valence-corrected chi connectivity index (χ1v) is 6.59. The molecule has 5 nitrogen and oxygen atoms in total. The van der Waals surface area contributed by atoms with Gasteiger partial charge in [0.15, 0.2) is 5.82 Å². The minimum absolute atomic E-state index is 0.0673. The summed E-state index contributed by atoms with van der Waals surface area (Å²) in [5.41, 5.74) is 9.22. The first-order chi connectivity index (χ1) is 9.74. The van der Waals surface area contributed by atoms with Gasteiger partial charge < -0.3 is 11.1 Å². The summed E-state index contributed by atoms with van der Waals surface area (Å²) in [6.07, 6.45) is 3.57. The summed E-state index contributed by atoms with van der Waals surface area (Å²) in [6, 6.07) is 12.0. The predicted octanol–water partition coefficient (Wildman–Crippen LogP) is 2.15. The van der Waals surface area contributed by atoms with Crippen LogP contribution in [0.3, 0.4) is 0 Å². The second-order valence-corrected chi connectivity index (χ2v) is 4.79. The fraction of sp³-hybridized carbons (Fsp3) is 0.200. The number of nitrogens with one attached hydrogen (secondary N) is 1. The highest BCUT2D eigenvalue weighted by atomic mass is 15.2.